The lowest BCUT2D eigenvalue weighted by Gasteiger charge is -2.00. The molecule has 5 heteroatoms. The van der Waals surface area contributed by atoms with Crippen LogP contribution in [0.1, 0.15) is 6.92 Å². The average Bonchev–Trinajstić information content (AvgIpc) is 1.21. The van der Waals surface area contributed by atoms with Crippen LogP contribution in [0.2, 0.25) is 0 Å². The van der Waals surface area contributed by atoms with E-state index in [9.17, 15) is 8.42 Å². The maximum absolute atomic E-state index is 9.85. The van der Waals surface area contributed by atoms with Crippen molar-refractivity contribution in [3.63, 3.8) is 0 Å². The molecule has 49 valence electrons. The van der Waals surface area contributed by atoms with Gasteiger partial charge in [-0.05, 0) is 13.8 Å². The van der Waals surface area contributed by atoms with Crippen LogP contribution in [0.15, 0.2) is 0 Å². The predicted octanol–water partition coefficient (Wildman–Crippen LogP) is -0.399. The normalized spacial score (nSPS) is 12.5. The van der Waals surface area contributed by atoms with E-state index in [-0.39, 0.29) is 0 Å². The second-order valence-corrected chi connectivity index (χ2v) is 2.68. The second-order valence-electron chi connectivity index (χ2n) is 1.49. The van der Waals surface area contributed by atoms with E-state index in [1.165, 1.54) is 6.92 Å². The van der Waals surface area contributed by atoms with E-state index in [0.717, 1.165) is 0 Å². The Labute approximate surface area is 48.8 Å². The van der Waals surface area contributed by atoms with E-state index in [4.69, 9.17) is 4.55 Å². The lowest BCUT2D eigenvalue weighted by atomic mass is 10.4. The van der Waals surface area contributed by atoms with Gasteiger partial charge < -0.3 is 0 Å². The van der Waals surface area contributed by atoms with E-state index >= 15 is 0 Å². The SMILES string of the molecule is [CH2]C(C)NS(=O)(=O)O. The van der Waals surface area contributed by atoms with Gasteiger partial charge in [-0.25, -0.2) is 0 Å². The summed E-state index contributed by atoms with van der Waals surface area (Å²) in [6.07, 6.45) is 0. The summed E-state index contributed by atoms with van der Waals surface area (Å²) in [6.45, 7) is 4.78. The van der Waals surface area contributed by atoms with Crippen molar-refractivity contribution in [2.45, 2.75) is 13.0 Å². The monoisotopic (exact) mass is 138 g/mol. The lowest BCUT2D eigenvalue weighted by molar-refractivity contribution is 0.463. The number of nitrogens with one attached hydrogen (secondary N) is 1. The van der Waals surface area contributed by atoms with Crippen LogP contribution in [-0.2, 0) is 10.3 Å². The molecule has 0 aromatic heterocycles. The first-order valence-electron chi connectivity index (χ1n) is 1.99. The molecule has 4 nitrogen and oxygen atoms in total. The van der Waals surface area contributed by atoms with Crippen LogP contribution in [0.5, 0.6) is 0 Å². The van der Waals surface area contributed by atoms with Gasteiger partial charge in [-0.2, -0.15) is 13.1 Å². The van der Waals surface area contributed by atoms with Gasteiger partial charge in [0.15, 0.2) is 0 Å². The van der Waals surface area contributed by atoms with Crippen molar-refractivity contribution < 1.29 is 13.0 Å². The summed E-state index contributed by atoms with van der Waals surface area (Å²) in [7, 11) is -4.04. The molecule has 0 saturated heterocycles. The van der Waals surface area contributed by atoms with Crippen LogP contribution in [0, 0.1) is 6.92 Å². The summed E-state index contributed by atoms with van der Waals surface area (Å²) in [5.41, 5.74) is 0. The molecule has 0 saturated carbocycles. The first-order chi connectivity index (χ1) is 3.42. The fraction of sp³-hybridized carbons (Fsp3) is 0.667. The summed E-state index contributed by atoms with van der Waals surface area (Å²) in [6, 6.07) is -0.495. The summed E-state index contributed by atoms with van der Waals surface area (Å²) in [4.78, 5) is 0. The van der Waals surface area contributed by atoms with Crippen LogP contribution < -0.4 is 4.72 Å². The molecule has 0 aromatic rings. The summed E-state index contributed by atoms with van der Waals surface area (Å²) >= 11 is 0. The molecule has 0 bridgehead atoms. The number of hydrogen-bond donors (Lipinski definition) is 2. The smallest absolute Gasteiger partial charge is 0.273 e. The maximum atomic E-state index is 9.85. The summed E-state index contributed by atoms with van der Waals surface area (Å²) in [5, 5.41) is 0. The largest absolute Gasteiger partial charge is 0.333 e. The zero-order chi connectivity index (χ0) is 6.78. The van der Waals surface area contributed by atoms with Crippen LogP contribution in [0.4, 0.5) is 0 Å². The Kier molecular flexibility index (Phi) is 2.39. The highest BCUT2D eigenvalue weighted by Crippen LogP contribution is 1.78. The van der Waals surface area contributed by atoms with E-state index in [2.05, 4.69) is 6.92 Å². The van der Waals surface area contributed by atoms with Crippen LogP contribution in [-0.4, -0.2) is 19.0 Å². The Bertz CT molecular complexity index is 148. The quantitative estimate of drug-likeness (QED) is 0.510. The Morgan fingerprint density at radius 1 is 1.75 bits per heavy atom. The summed E-state index contributed by atoms with van der Waals surface area (Å²) < 4.78 is 29.5. The molecule has 1 radical (unpaired) electrons. The fourth-order valence-corrected chi connectivity index (χ4v) is 0.763. The van der Waals surface area contributed by atoms with Gasteiger partial charge in [0.2, 0.25) is 0 Å². The highest BCUT2D eigenvalue weighted by Gasteiger charge is 2.03. The van der Waals surface area contributed by atoms with Crippen LogP contribution in [0.3, 0.4) is 0 Å². The van der Waals surface area contributed by atoms with Crippen molar-refractivity contribution in [1.29, 1.82) is 0 Å². The molecule has 0 aliphatic carbocycles. The molecule has 0 aliphatic heterocycles. The molecule has 0 amide bonds. The van der Waals surface area contributed by atoms with Crippen LogP contribution in [0.25, 0.3) is 0 Å². The third-order valence-electron chi connectivity index (χ3n) is 0.350. The Balaban J connectivity index is 3.75. The van der Waals surface area contributed by atoms with E-state index < -0.39 is 16.3 Å². The van der Waals surface area contributed by atoms with Gasteiger partial charge in [0.05, 0.1) is 0 Å². The number of rotatable bonds is 2. The van der Waals surface area contributed by atoms with Crippen molar-refractivity contribution in [1.82, 2.24) is 4.72 Å². The van der Waals surface area contributed by atoms with Gasteiger partial charge in [-0.15, -0.1) is 0 Å². The van der Waals surface area contributed by atoms with Crippen molar-refractivity contribution in [2.24, 2.45) is 0 Å². The minimum absolute atomic E-state index is 0.495. The van der Waals surface area contributed by atoms with Crippen molar-refractivity contribution in [2.75, 3.05) is 0 Å². The van der Waals surface area contributed by atoms with Gasteiger partial charge in [-0.1, -0.05) is 0 Å². The zero-order valence-electron chi connectivity index (χ0n) is 4.46. The van der Waals surface area contributed by atoms with Gasteiger partial charge in [0, 0.05) is 6.04 Å². The Morgan fingerprint density at radius 3 is 2.12 bits per heavy atom. The van der Waals surface area contributed by atoms with Gasteiger partial charge in [-0.3, -0.25) is 4.55 Å². The Morgan fingerprint density at radius 2 is 2.12 bits per heavy atom. The van der Waals surface area contributed by atoms with E-state index in [1.54, 1.807) is 4.72 Å². The van der Waals surface area contributed by atoms with E-state index in [0.29, 0.717) is 0 Å². The molecule has 0 spiro atoms. The third-order valence-corrected chi connectivity index (χ3v) is 1.05. The highest BCUT2D eigenvalue weighted by atomic mass is 32.2. The molecular formula is C3H8NO3S. The predicted molar refractivity (Wildman–Crippen MR) is 29.5 cm³/mol. The average molecular weight is 138 g/mol. The van der Waals surface area contributed by atoms with Crippen molar-refractivity contribution >= 4 is 10.3 Å². The van der Waals surface area contributed by atoms with Gasteiger partial charge >= 0.3 is 10.3 Å². The number of hydrogen-bond acceptors (Lipinski definition) is 2. The molecule has 1 unspecified atom stereocenters. The molecule has 8 heavy (non-hydrogen) atoms. The third kappa shape index (κ3) is 5.87. The minimum Gasteiger partial charge on any atom is -0.273 e. The first kappa shape index (κ1) is 7.87. The fourth-order valence-electron chi connectivity index (χ4n) is 0.254. The Hall–Kier alpha value is -0.130. The molecule has 0 aliphatic rings. The van der Waals surface area contributed by atoms with Crippen molar-refractivity contribution in [3.05, 3.63) is 6.92 Å². The highest BCUT2D eigenvalue weighted by molar-refractivity contribution is 7.83. The second kappa shape index (κ2) is 2.43. The molecule has 0 aromatic carbocycles. The van der Waals surface area contributed by atoms with Gasteiger partial charge in [0.25, 0.3) is 0 Å². The molecule has 0 rings (SSSR count). The first-order valence-corrected chi connectivity index (χ1v) is 3.43. The standard InChI is InChI=1S/C3H8NO3S/c1-3(2)4-8(5,6)7/h3-4H,1H2,2H3,(H,5,6,7). The molecular weight excluding hydrogens is 130 g/mol. The zero-order valence-corrected chi connectivity index (χ0v) is 5.27. The summed E-state index contributed by atoms with van der Waals surface area (Å²) in [5.74, 6) is 0. The topological polar surface area (TPSA) is 66.4 Å². The van der Waals surface area contributed by atoms with Gasteiger partial charge in [0.1, 0.15) is 0 Å². The molecule has 2 N–H and O–H groups in total. The van der Waals surface area contributed by atoms with Crippen LogP contribution >= 0.6 is 0 Å². The van der Waals surface area contributed by atoms with E-state index in [1.807, 2.05) is 0 Å². The molecule has 0 heterocycles. The van der Waals surface area contributed by atoms with Crippen molar-refractivity contribution in [3.8, 4) is 0 Å². The minimum atomic E-state index is -4.04. The molecule has 1 atom stereocenters. The lowest BCUT2D eigenvalue weighted by Crippen LogP contribution is -2.29. The molecule has 0 fully saturated rings. The maximum Gasteiger partial charge on any atom is 0.333 e.